The van der Waals surface area contributed by atoms with Crippen LogP contribution in [-0.2, 0) is 11.2 Å². The molecule has 1 amide bonds. The second-order valence-corrected chi connectivity index (χ2v) is 9.56. The Labute approximate surface area is 208 Å². The van der Waals surface area contributed by atoms with E-state index in [9.17, 15) is 10.1 Å². The molecule has 2 heterocycles. The zero-order valence-electron chi connectivity index (χ0n) is 21.2. The molecular weight excluding hydrogens is 434 g/mol. The molecule has 0 spiro atoms. The van der Waals surface area contributed by atoms with Crippen molar-refractivity contribution in [2.24, 2.45) is 0 Å². The van der Waals surface area contributed by atoms with E-state index >= 15 is 0 Å². The van der Waals surface area contributed by atoms with Crippen LogP contribution in [0, 0.1) is 32.1 Å². The summed E-state index contributed by atoms with van der Waals surface area (Å²) in [6.07, 6.45) is 5.52. The molecule has 1 N–H and O–H groups in total. The van der Waals surface area contributed by atoms with Gasteiger partial charge in [0.1, 0.15) is 5.82 Å². The number of carbonyl (C=O) groups excluding carboxylic acids is 1. The van der Waals surface area contributed by atoms with Gasteiger partial charge in [-0.05, 0) is 68.5 Å². The molecule has 182 valence electrons. The highest BCUT2D eigenvalue weighted by atomic mass is 16.2. The second kappa shape index (κ2) is 10.9. The van der Waals surface area contributed by atoms with Crippen molar-refractivity contribution in [2.75, 3.05) is 18.0 Å². The van der Waals surface area contributed by atoms with E-state index < -0.39 is 0 Å². The van der Waals surface area contributed by atoms with E-state index in [0.717, 1.165) is 55.0 Å². The fraction of sp³-hybridized carbons (Fsp3) is 0.414. The van der Waals surface area contributed by atoms with Gasteiger partial charge >= 0.3 is 0 Å². The van der Waals surface area contributed by atoms with Gasteiger partial charge < -0.3 is 9.88 Å². The Hall–Kier alpha value is -3.43. The lowest BCUT2D eigenvalue weighted by Gasteiger charge is -2.44. The Morgan fingerprint density at radius 2 is 1.91 bits per heavy atom. The van der Waals surface area contributed by atoms with Crippen molar-refractivity contribution in [3.8, 4) is 6.07 Å². The van der Waals surface area contributed by atoms with E-state index in [0.29, 0.717) is 12.1 Å². The smallest absolute Gasteiger partial charge is 0.244 e. The summed E-state index contributed by atoms with van der Waals surface area (Å²) in [6, 6.07) is 16.0. The van der Waals surface area contributed by atoms with Gasteiger partial charge in [-0.3, -0.25) is 9.69 Å². The first-order valence-electron chi connectivity index (χ1n) is 12.6. The molecule has 6 nitrogen and oxygen atoms in total. The standard InChI is InChI=1S/C29H35N5O/c1-5-6-9-27-29(35)34(26-10-7-8-20(2)21(26)3)16-15-33(27)28(25-19-31-22(4)32-25)17-23-11-13-24(18-30)14-12-23/h7-8,10-14,19,27-28H,5-6,9,15-17H2,1-4H3,(H,31,32)/t27-,28?/m0/s1. The predicted octanol–water partition coefficient (Wildman–Crippen LogP) is 5.40. The van der Waals surface area contributed by atoms with Crippen LogP contribution in [0.25, 0.3) is 0 Å². The van der Waals surface area contributed by atoms with Gasteiger partial charge in [0.25, 0.3) is 0 Å². The number of imidazole rings is 1. The van der Waals surface area contributed by atoms with Crippen LogP contribution < -0.4 is 4.90 Å². The molecule has 6 heteroatoms. The number of H-pyrrole nitrogens is 1. The van der Waals surface area contributed by atoms with Gasteiger partial charge in [0.15, 0.2) is 0 Å². The van der Waals surface area contributed by atoms with Crippen LogP contribution in [-0.4, -0.2) is 39.9 Å². The number of hydrogen-bond donors (Lipinski definition) is 1. The fourth-order valence-corrected chi connectivity index (χ4v) is 5.08. The zero-order valence-corrected chi connectivity index (χ0v) is 21.2. The number of aromatic nitrogens is 2. The molecule has 1 saturated heterocycles. The maximum Gasteiger partial charge on any atom is 0.244 e. The molecule has 0 aliphatic carbocycles. The van der Waals surface area contributed by atoms with E-state index in [-0.39, 0.29) is 18.0 Å². The molecular formula is C29H35N5O. The normalized spacial score (nSPS) is 17.4. The summed E-state index contributed by atoms with van der Waals surface area (Å²) < 4.78 is 0. The van der Waals surface area contributed by atoms with Crippen LogP contribution in [0.4, 0.5) is 5.69 Å². The summed E-state index contributed by atoms with van der Waals surface area (Å²) in [5.41, 5.74) is 6.22. The Kier molecular flexibility index (Phi) is 7.67. The van der Waals surface area contributed by atoms with E-state index in [2.05, 4.69) is 53.8 Å². The van der Waals surface area contributed by atoms with E-state index in [4.69, 9.17) is 0 Å². The van der Waals surface area contributed by atoms with Crippen molar-refractivity contribution >= 4 is 11.6 Å². The van der Waals surface area contributed by atoms with Gasteiger partial charge in [0, 0.05) is 25.0 Å². The highest BCUT2D eigenvalue weighted by Crippen LogP contribution is 2.33. The van der Waals surface area contributed by atoms with Crippen molar-refractivity contribution in [1.82, 2.24) is 14.9 Å². The molecule has 2 atom stereocenters. The number of nitrogens with zero attached hydrogens (tertiary/aromatic N) is 4. The van der Waals surface area contributed by atoms with Crippen LogP contribution in [0.5, 0.6) is 0 Å². The number of carbonyl (C=O) groups is 1. The number of anilines is 1. The summed E-state index contributed by atoms with van der Waals surface area (Å²) in [6.45, 7) is 9.77. The number of aromatic amines is 1. The van der Waals surface area contributed by atoms with Crippen LogP contribution in [0.1, 0.15) is 66.0 Å². The molecule has 1 aliphatic heterocycles. The zero-order chi connectivity index (χ0) is 24.9. The van der Waals surface area contributed by atoms with Crippen LogP contribution in [0.3, 0.4) is 0 Å². The largest absolute Gasteiger partial charge is 0.345 e. The molecule has 0 saturated carbocycles. The van der Waals surface area contributed by atoms with Gasteiger partial charge in [0.05, 0.1) is 29.4 Å². The number of hydrogen-bond acceptors (Lipinski definition) is 4. The van der Waals surface area contributed by atoms with Crippen molar-refractivity contribution in [3.05, 3.63) is 82.4 Å². The summed E-state index contributed by atoms with van der Waals surface area (Å²) in [5.74, 6) is 1.05. The number of unbranched alkanes of at least 4 members (excludes halogenated alkanes) is 1. The monoisotopic (exact) mass is 469 g/mol. The first-order chi connectivity index (χ1) is 16.9. The molecule has 1 fully saturated rings. The third kappa shape index (κ3) is 5.31. The van der Waals surface area contributed by atoms with E-state index in [1.165, 1.54) is 11.1 Å². The number of aryl methyl sites for hydroxylation is 2. The number of benzene rings is 2. The van der Waals surface area contributed by atoms with Crippen molar-refractivity contribution in [3.63, 3.8) is 0 Å². The molecule has 0 radical (unpaired) electrons. The van der Waals surface area contributed by atoms with E-state index in [1.54, 1.807) is 0 Å². The number of nitrogens with one attached hydrogen (secondary N) is 1. The molecule has 1 aromatic heterocycles. The average molecular weight is 470 g/mol. The maximum absolute atomic E-state index is 14.0. The molecule has 0 bridgehead atoms. The maximum atomic E-state index is 14.0. The average Bonchev–Trinajstić information content (AvgIpc) is 3.30. The van der Waals surface area contributed by atoms with E-state index in [1.807, 2.05) is 48.4 Å². The molecule has 1 unspecified atom stereocenters. The fourth-order valence-electron chi connectivity index (χ4n) is 5.08. The van der Waals surface area contributed by atoms with Crippen molar-refractivity contribution < 1.29 is 4.79 Å². The minimum atomic E-state index is -0.199. The van der Waals surface area contributed by atoms with Crippen molar-refractivity contribution in [2.45, 2.75) is 65.5 Å². The van der Waals surface area contributed by atoms with Crippen LogP contribution in [0.15, 0.2) is 48.7 Å². The molecule has 4 rings (SSSR count). The number of rotatable bonds is 8. The highest BCUT2D eigenvalue weighted by Gasteiger charge is 2.39. The number of nitriles is 1. The Morgan fingerprint density at radius 1 is 1.14 bits per heavy atom. The minimum Gasteiger partial charge on any atom is -0.345 e. The Balaban J connectivity index is 1.68. The summed E-state index contributed by atoms with van der Waals surface area (Å²) in [7, 11) is 0. The van der Waals surface area contributed by atoms with Gasteiger partial charge in [-0.25, -0.2) is 4.98 Å². The summed E-state index contributed by atoms with van der Waals surface area (Å²) >= 11 is 0. The SMILES string of the molecule is CCCC[C@H]1C(=O)N(c2cccc(C)c2C)CCN1C(Cc1ccc(C#N)cc1)c1cnc(C)[nH]1. The van der Waals surface area contributed by atoms with Gasteiger partial charge in [-0.15, -0.1) is 0 Å². The lowest BCUT2D eigenvalue weighted by Crippen LogP contribution is -2.58. The first-order valence-corrected chi connectivity index (χ1v) is 12.6. The molecule has 2 aromatic carbocycles. The second-order valence-electron chi connectivity index (χ2n) is 9.56. The quantitative estimate of drug-likeness (QED) is 0.479. The van der Waals surface area contributed by atoms with Gasteiger partial charge in [-0.1, -0.05) is 44.0 Å². The summed E-state index contributed by atoms with van der Waals surface area (Å²) in [5, 5.41) is 9.18. The van der Waals surface area contributed by atoms with Gasteiger partial charge in [0.2, 0.25) is 5.91 Å². The summed E-state index contributed by atoms with van der Waals surface area (Å²) in [4.78, 5) is 26.3. The van der Waals surface area contributed by atoms with Gasteiger partial charge in [-0.2, -0.15) is 5.26 Å². The molecule has 35 heavy (non-hydrogen) atoms. The Bertz CT molecular complexity index is 1210. The molecule has 1 aliphatic rings. The van der Waals surface area contributed by atoms with Crippen molar-refractivity contribution in [1.29, 1.82) is 5.26 Å². The third-order valence-electron chi connectivity index (χ3n) is 7.23. The number of piperazine rings is 1. The lowest BCUT2D eigenvalue weighted by atomic mass is 9.95. The topological polar surface area (TPSA) is 76.0 Å². The lowest BCUT2D eigenvalue weighted by molar-refractivity contribution is -0.127. The van der Waals surface area contributed by atoms with Crippen LogP contribution in [0.2, 0.25) is 0 Å². The number of amides is 1. The minimum absolute atomic E-state index is 0.00398. The first kappa shape index (κ1) is 24.7. The highest BCUT2D eigenvalue weighted by molar-refractivity contribution is 5.98. The predicted molar refractivity (Wildman–Crippen MR) is 139 cm³/mol. The third-order valence-corrected chi connectivity index (χ3v) is 7.23. The van der Waals surface area contributed by atoms with Crippen LogP contribution >= 0.6 is 0 Å². The molecule has 3 aromatic rings. The Morgan fingerprint density at radius 3 is 2.57 bits per heavy atom.